The number of fused-ring (bicyclic) bond motifs is 1. The maximum absolute atomic E-state index is 12.7. The highest BCUT2D eigenvalue weighted by atomic mass is 35.5. The molecule has 0 radical (unpaired) electrons. The predicted molar refractivity (Wildman–Crippen MR) is 96.7 cm³/mol. The maximum atomic E-state index is 12.7. The van der Waals surface area contributed by atoms with Crippen molar-refractivity contribution in [2.75, 3.05) is 6.54 Å². The minimum absolute atomic E-state index is 0.266. The van der Waals surface area contributed by atoms with Crippen molar-refractivity contribution in [2.45, 2.75) is 25.7 Å². The molecule has 3 aromatic rings. The number of hydrogen-bond donors (Lipinski definition) is 2. The standard InChI is InChI=1S/C18H15ClF3N5O/c19-13-7-23-26-15(13)9-27-6-5-14-12(8-27)17(28)25-16(24-14)10-1-3-11(4-2-10)18(20,21)22/h1-4,7H,5-6,8-9H2,(H,23,26)(H,24,25,28). The number of nitrogens with zero attached hydrogens (tertiary/aromatic N) is 3. The Labute approximate surface area is 162 Å². The molecule has 0 saturated carbocycles. The first-order chi connectivity index (χ1) is 13.3. The molecule has 3 heterocycles. The van der Waals surface area contributed by atoms with Crippen LogP contribution in [0.4, 0.5) is 13.2 Å². The second-order valence-electron chi connectivity index (χ2n) is 6.57. The van der Waals surface area contributed by atoms with Crippen molar-refractivity contribution in [3.05, 3.63) is 68.4 Å². The predicted octanol–water partition coefficient (Wildman–Crippen LogP) is 3.39. The van der Waals surface area contributed by atoms with Crippen LogP contribution in [0.3, 0.4) is 0 Å². The molecule has 4 rings (SSSR count). The van der Waals surface area contributed by atoms with E-state index in [1.165, 1.54) is 18.3 Å². The van der Waals surface area contributed by atoms with E-state index in [1.54, 1.807) is 0 Å². The first kappa shape index (κ1) is 18.7. The molecule has 146 valence electrons. The zero-order valence-corrected chi connectivity index (χ0v) is 15.2. The summed E-state index contributed by atoms with van der Waals surface area (Å²) in [6.45, 7) is 1.60. The van der Waals surface area contributed by atoms with Gasteiger partial charge in [0.1, 0.15) is 5.82 Å². The Morgan fingerprint density at radius 1 is 1.21 bits per heavy atom. The summed E-state index contributed by atoms with van der Waals surface area (Å²) >= 11 is 6.05. The van der Waals surface area contributed by atoms with Crippen LogP contribution in [0.25, 0.3) is 11.4 Å². The number of nitrogens with one attached hydrogen (secondary N) is 2. The Hall–Kier alpha value is -2.65. The molecule has 0 saturated heterocycles. The SMILES string of the molecule is O=c1[nH]c(-c2ccc(C(F)(F)F)cc2)nc2c1CN(Cc1[nH]ncc1Cl)CC2. The summed E-state index contributed by atoms with van der Waals surface area (Å²) in [6.07, 6.45) is -2.33. The first-order valence-corrected chi connectivity index (χ1v) is 8.89. The highest BCUT2D eigenvalue weighted by Gasteiger charge is 2.30. The molecule has 0 fully saturated rings. The molecule has 28 heavy (non-hydrogen) atoms. The van der Waals surface area contributed by atoms with Gasteiger partial charge in [0.2, 0.25) is 0 Å². The van der Waals surface area contributed by atoms with E-state index in [1.807, 2.05) is 0 Å². The lowest BCUT2D eigenvalue weighted by atomic mass is 10.1. The van der Waals surface area contributed by atoms with E-state index in [0.29, 0.717) is 47.9 Å². The lowest BCUT2D eigenvalue weighted by molar-refractivity contribution is -0.137. The third-order valence-corrected chi connectivity index (χ3v) is 5.01. The molecule has 1 aliphatic heterocycles. The second-order valence-corrected chi connectivity index (χ2v) is 6.98. The van der Waals surface area contributed by atoms with Crippen molar-refractivity contribution < 1.29 is 13.2 Å². The minimum Gasteiger partial charge on any atom is -0.306 e. The van der Waals surface area contributed by atoms with Crippen LogP contribution in [0.15, 0.2) is 35.3 Å². The Bertz CT molecular complexity index is 1060. The average molecular weight is 410 g/mol. The van der Waals surface area contributed by atoms with Crippen molar-refractivity contribution in [1.29, 1.82) is 0 Å². The molecule has 0 spiro atoms. The molecule has 2 N–H and O–H groups in total. The normalized spacial score (nSPS) is 14.9. The highest BCUT2D eigenvalue weighted by Crippen LogP contribution is 2.30. The van der Waals surface area contributed by atoms with Crippen molar-refractivity contribution in [1.82, 2.24) is 25.1 Å². The third kappa shape index (κ3) is 3.67. The number of H-pyrrole nitrogens is 2. The zero-order valence-electron chi connectivity index (χ0n) is 14.5. The van der Waals surface area contributed by atoms with E-state index in [2.05, 4.69) is 25.1 Å². The van der Waals surface area contributed by atoms with E-state index >= 15 is 0 Å². The molecule has 2 aromatic heterocycles. The number of halogens is 4. The van der Waals surface area contributed by atoms with E-state index in [0.717, 1.165) is 17.8 Å². The number of aromatic amines is 2. The topological polar surface area (TPSA) is 77.7 Å². The Kier molecular flexibility index (Phi) is 4.72. The summed E-state index contributed by atoms with van der Waals surface area (Å²) in [6, 6.07) is 4.57. The van der Waals surface area contributed by atoms with Gasteiger partial charge in [-0.15, -0.1) is 0 Å². The van der Waals surface area contributed by atoms with Gasteiger partial charge in [-0.25, -0.2) is 4.98 Å². The van der Waals surface area contributed by atoms with E-state index < -0.39 is 11.7 Å². The molecule has 0 amide bonds. The summed E-state index contributed by atoms with van der Waals surface area (Å²) in [7, 11) is 0. The van der Waals surface area contributed by atoms with Crippen LogP contribution in [-0.4, -0.2) is 31.6 Å². The smallest absolute Gasteiger partial charge is 0.306 e. The zero-order chi connectivity index (χ0) is 19.9. The van der Waals surface area contributed by atoms with E-state index in [9.17, 15) is 18.0 Å². The fourth-order valence-electron chi connectivity index (χ4n) is 3.20. The molecule has 1 aromatic carbocycles. The average Bonchev–Trinajstić information content (AvgIpc) is 3.06. The third-order valence-electron chi connectivity index (χ3n) is 4.68. The van der Waals surface area contributed by atoms with Crippen LogP contribution in [-0.2, 0) is 25.7 Å². The molecule has 10 heteroatoms. The quantitative estimate of drug-likeness (QED) is 0.695. The van der Waals surface area contributed by atoms with Gasteiger partial charge in [-0.05, 0) is 12.1 Å². The largest absolute Gasteiger partial charge is 0.416 e. The Morgan fingerprint density at radius 2 is 1.96 bits per heavy atom. The van der Waals surface area contributed by atoms with Gasteiger partial charge in [0.05, 0.1) is 33.7 Å². The van der Waals surface area contributed by atoms with Gasteiger partial charge in [-0.3, -0.25) is 14.8 Å². The van der Waals surface area contributed by atoms with Gasteiger partial charge in [-0.2, -0.15) is 18.3 Å². The monoisotopic (exact) mass is 409 g/mol. The summed E-state index contributed by atoms with van der Waals surface area (Å²) in [5, 5.41) is 7.25. The van der Waals surface area contributed by atoms with Crippen LogP contribution in [0.1, 0.15) is 22.5 Å². The summed E-state index contributed by atoms with van der Waals surface area (Å²) in [5.74, 6) is 0.266. The van der Waals surface area contributed by atoms with Gasteiger partial charge in [0.25, 0.3) is 5.56 Å². The maximum Gasteiger partial charge on any atom is 0.416 e. The molecular weight excluding hydrogens is 395 g/mol. The van der Waals surface area contributed by atoms with Gasteiger partial charge < -0.3 is 4.98 Å². The minimum atomic E-state index is -4.41. The Balaban J connectivity index is 1.58. The Morgan fingerprint density at radius 3 is 2.61 bits per heavy atom. The van der Waals surface area contributed by atoms with Crippen LogP contribution in [0, 0.1) is 0 Å². The molecule has 0 aliphatic carbocycles. The summed E-state index contributed by atoms with van der Waals surface area (Å²) < 4.78 is 38.1. The van der Waals surface area contributed by atoms with Gasteiger partial charge in [-0.1, -0.05) is 23.7 Å². The number of aromatic nitrogens is 4. The van der Waals surface area contributed by atoms with Crippen LogP contribution >= 0.6 is 11.6 Å². The molecule has 0 bridgehead atoms. The molecule has 0 unspecified atom stereocenters. The highest BCUT2D eigenvalue weighted by molar-refractivity contribution is 6.31. The number of hydrogen-bond acceptors (Lipinski definition) is 4. The number of alkyl halides is 3. The van der Waals surface area contributed by atoms with Crippen LogP contribution in [0.2, 0.25) is 5.02 Å². The molecule has 0 atom stereocenters. The molecule has 6 nitrogen and oxygen atoms in total. The van der Waals surface area contributed by atoms with Crippen LogP contribution in [0.5, 0.6) is 0 Å². The van der Waals surface area contributed by atoms with Gasteiger partial charge in [0, 0.05) is 31.6 Å². The second kappa shape index (κ2) is 7.06. The van der Waals surface area contributed by atoms with Crippen molar-refractivity contribution in [2.24, 2.45) is 0 Å². The van der Waals surface area contributed by atoms with Crippen LogP contribution < -0.4 is 5.56 Å². The van der Waals surface area contributed by atoms with Gasteiger partial charge in [0.15, 0.2) is 0 Å². The van der Waals surface area contributed by atoms with E-state index in [-0.39, 0.29) is 11.4 Å². The summed E-state index contributed by atoms with van der Waals surface area (Å²) in [4.78, 5) is 21.8. The number of benzene rings is 1. The van der Waals surface area contributed by atoms with Crippen molar-refractivity contribution in [3.8, 4) is 11.4 Å². The van der Waals surface area contributed by atoms with Gasteiger partial charge >= 0.3 is 6.18 Å². The number of rotatable bonds is 3. The fourth-order valence-corrected chi connectivity index (χ4v) is 3.35. The van der Waals surface area contributed by atoms with Crippen molar-refractivity contribution in [3.63, 3.8) is 0 Å². The fraction of sp³-hybridized carbons (Fsp3) is 0.278. The molecule has 1 aliphatic rings. The lowest BCUT2D eigenvalue weighted by Crippen LogP contribution is -2.35. The molecular formula is C18H15ClF3N5O. The summed E-state index contributed by atoms with van der Waals surface area (Å²) in [5.41, 5.74) is 1.38. The first-order valence-electron chi connectivity index (χ1n) is 8.51. The van der Waals surface area contributed by atoms with Crippen molar-refractivity contribution >= 4 is 11.6 Å². The lowest BCUT2D eigenvalue weighted by Gasteiger charge is -2.27. The van der Waals surface area contributed by atoms with E-state index in [4.69, 9.17) is 11.6 Å².